The van der Waals surface area contributed by atoms with E-state index in [0.717, 1.165) is 37.6 Å². The molecule has 0 radical (unpaired) electrons. The summed E-state index contributed by atoms with van der Waals surface area (Å²) in [7, 11) is 3.94. The lowest BCUT2D eigenvalue weighted by Crippen LogP contribution is -2.43. The first-order valence-corrected chi connectivity index (χ1v) is 8.75. The number of nitrogens with zero attached hydrogens (tertiary/aromatic N) is 3. The zero-order valence-electron chi connectivity index (χ0n) is 14.6. The molecule has 0 aliphatic carbocycles. The van der Waals surface area contributed by atoms with E-state index >= 15 is 0 Å². The highest BCUT2D eigenvalue weighted by atomic mass is 16.5. The van der Waals surface area contributed by atoms with E-state index in [2.05, 4.69) is 4.98 Å². The summed E-state index contributed by atoms with van der Waals surface area (Å²) in [4.78, 5) is 21.2. The van der Waals surface area contributed by atoms with Crippen LogP contribution in [0, 0.1) is 5.92 Å². The number of pyridine rings is 1. The highest BCUT2D eigenvalue weighted by molar-refractivity contribution is 5.76. The molecule has 1 aromatic rings. The summed E-state index contributed by atoms with van der Waals surface area (Å²) in [6.07, 6.45) is 2.47. The molecule has 0 spiro atoms. The van der Waals surface area contributed by atoms with E-state index in [9.17, 15) is 4.79 Å². The fourth-order valence-electron chi connectivity index (χ4n) is 3.25. The monoisotopic (exact) mass is 333 g/mol. The summed E-state index contributed by atoms with van der Waals surface area (Å²) in [5, 5.41) is 0. The number of amides is 1. The molecule has 0 N–H and O–H groups in total. The van der Waals surface area contributed by atoms with Crippen LogP contribution < -0.4 is 4.90 Å². The first-order chi connectivity index (χ1) is 11.6. The Morgan fingerprint density at radius 3 is 2.83 bits per heavy atom. The van der Waals surface area contributed by atoms with Crippen LogP contribution in [0.25, 0.3) is 0 Å². The molecule has 1 aromatic heterocycles. The van der Waals surface area contributed by atoms with Crippen molar-refractivity contribution in [3.63, 3.8) is 0 Å². The largest absolute Gasteiger partial charge is 0.381 e. The van der Waals surface area contributed by atoms with Crippen molar-refractivity contribution in [3.05, 3.63) is 23.9 Å². The topological polar surface area (TPSA) is 54.9 Å². The number of hydrogen-bond acceptors (Lipinski definition) is 5. The Hall–Kier alpha value is -1.66. The fourth-order valence-corrected chi connectivity index (χ4v) is 3.25. The Labute approximate surface area is 143 Å². The number of anilines is 1. The Bertz CT molecular complexity index is 558. The zero-order chi connectivity index (χ0) is 16.9. The van der Waals surface area contributed by atoms with Crippen molar-refractivity contribution in [2.75, 3.05) is 51.9 Å². The highest BCUT2D eigenvalue weighted by Gasteiger charge is 2.28. The number of ether oxygens (including phenoxy) is 2. The van der Waals surface area contributed by atoms with Crippen LogP contribution in [-0.2, 0) is 14.3 Å². The molecule has 6 nitrogen and oxygen atoms in total. The summed E-state index contributed by atoms with van der Waals surface area (Å²) in [5.41, 5.74) is 0.893. The zero-order valence-corrected chi connectivity index (χ0v) is 14.6. The van der Waals surface area contributed by atoms with E-state index < -0.39 is 0 Å². The summed E-state index contributed by atoms with van der Waals surface area (Å²) in [5.74, 6) is 1.60. The molecule has 24 heavy (non-hydrogen) atoms. The van der Waals surface area contributed by atoms with Gasteiger partial charge in [-0.15, -0.1) is 0 Å². The molecule has 3 rings (SSSR count). The minimum atomic E-state index is -0.141. The number of hydrogen-bond donors (Lipinski definition) is 0. The summed E-state index contributed by atoms with van der Waals surface area (Å²) in [6.45, 7) is 3.39. The molecule has 2 aliphatic rings. The van der Waals surface area contributed by atoms with Gasteiger partial charge in [0.2, 0.25) is 5.91 Å². The molecule has 6 heteroatoms. The first kappa shape index (κ1) is 17.2. The van der Waals surface area contributed by atoms with Crippen LogP contribution in [0.2, 0.25) is 0 Å². The van der Waals surface area contributed by atoms with Crippen LogP contribution in [0.4, 0.5) is 5.82 Å². The first-order valence-electron chi connectivity index (χ1n) is 8.75. The van der Waals surface area contributed by atoms with E-state index in [1.165, 1.54) is 0 Å². The molecular formula is C18H27N3O3. The smallest absolute Gasteiger partial charge is 0.223 e. The van der Waals surface area contributed by atoms with Crippen molar-refractivity contribution in [2.24, 2.45) is 5.92 Å². The minimum Gasteiger partial charge on any atom is -0.381 e. The quantitative estimate of drug-likeness (QED) is 0.842. The van der Waals surface area contributed by atoms with Gasteiger partial charge in [0.15, 0.2) is 0 Å². The second kappa shape index (κ2) is 7.94. The van der Waals surface area contributed by atoms with Crippen LogP contribution in [0.15, 0.2) is 18.2 Å². The molecule has 132 valence electrons. The third-order valence-electron chi connectivity index (χ3n) is 4.77. The highest BCUT2D eigenvalue weighted by Crippen LogP contribution is 2.25. The number of carbonyl (C=O) groups is 1. The van der Waals surface area contributed by atoms with Gasteiger partial charge in [-0.2, -0.15) is 0 Å². The molecule has 0 saturated carbocycles. The van der Waals surface area contributed by atoms with Gasteiger partial charge in [0, 0.05) is 40.3 Å². The van der Waals surface area contributed by atoms with Crippen LogP contribution in [0.1, 0.15) is 31.1 Å². The summed E-state index contributed by atoms with van der Waals surface area (Å²) in [6, 6.07) is 5.94. The minimum absolute atomic E-state index is 0.141. The lowest BCUT2D eigenvalue weighted by molar-refractivity contribution is -0.140. The Morgan fingerprint density at radius 2 is 2.08 bits per heavy atom. The molecule has 0 bridgehead atoms. The predicted molar refractivity (Wildman–Crippen MR) is 92.0 cm³/mol. The normalized spacial score (nSPS) is 22.4. The van der Waals surface area contributed by atoms with Gasteiger partial charge in [-0.25, -0.2) is 4.98 Å². The van der Waals surface area contributed by atoms with Crippen molar-refractivity contribution in [2.45, 2.75) is 25.4 Å². The maximum absolute atomic E-state index is 12.6. The number of rotatable bonds is 4. The maximum atomic E-state index is 12.6. The third-order valence-corrected chi connectivity index (χ3v) is 4.77. The van der Waals surface area contributed by atoms with E-state index in [-0.39, 0.29) is 12.0 Å². The predicted octanol–water partition coefficient (Wildman–Crippen LogP) is 1.86. The van der Waals surface area contributed by atoms with Gasteiger partial charge >= 0.3 is 0 Å². The Morgan fingerprint density at radius 1 is 1.29 bits per heavy atom. The van der Waals surface area contributed by atoms with Gasteiger partial charge in [0.25, 0.3) is 0 Å². The molecule has 1 atom stereocenters. The van der Waals surface area contributed by atoms with Crippen LogP contribution in [0.3, 0.4) is 0 Å². The van der Waals surface area contributed by atoms with Crippen LogP contribution in [-0.4, -0.2) is 62.8 Å². The van der Waals surface area contributed by atoms with E-state index in [0.29, 0.717) is 32.0 Å². The molecule has 2 fully saturated rings. The molecular weight excluding hydrogens is 306 g/mol. The molecule has 2 saturated heterocycles. The molecule has 2 aliphatic heterocycles. The standard InChI is InChI=1S/C18H27N3O3/c1-20(2)17-5-3-4-15(19-17)16-13-21(8-11-24-16)18(22)12-14-6-9-23-10-7-14/h3-5,14,16H,6-13H2,1-2H3/t16-/m1/s1. The lowest BCUT2D eigenvalue weighted by atomic mass is 9.96. The van der Waals surface area contributed by atoms with Crippen LogP contribution >= 0.6 is 0 Å². The van der Waals surface area contributed by atoms with Crippen molar-refractivity contribution >= 4 is 11.7 Å². The van der Waals surface area contributed by atoms with Gasteiger partial charge in [0.1, 0.15) is 11.9 Å². The van der Waals surface area contributed by atoms with Gasteiger partial charge in [0.05, 0.1) is 18.8 Å². The van der Waals surface area contributed by atoms with Crippen molar-refractivity contribution in [3.8, 4) is 0 Å². The summed E-state index contributed by atoms with van der Waals surface area (Å²) < 4.78 is 11.2. The average molecular weight is 333 g/mol. The second-order valence-corrected chi connectivity index (χ2v) is 6.77. The molecule has 3 heterocycles. The molecule has 1 amide bonds. The average Bonchev–Trinajstić information content (AvgIpc) is 2.63. The van der Waals surface area contributed by atoms with Crippen molar-refractivity contribution in [1.82, 2.24) is 9.88 Å². The Balaban J connectivity index is 1.61. The van der Waals surface area contributed by atoms with E-state index in [4.69, 9.17) is 9.47 Å². The maximum Gasteiger partial charge on any atom is 0.223 e. The molecule has 0 unspecified atom stereocenters. The van der Waals surface area contributed by atoms with Gasteiger partial charge in [-0.1, -0.05) is 6.07 Å². The van der Waals surface area contributed by atoms with Gasteiger partial charge < -0.3 is 19.3 Å². The second-order valence-electron chi connectivity index (χ2n) is 6.77. The number of aromatic nitrogens is 1. The summed E-state index contributed by atoms with van der Waals surface area (Å²) >= 11 is 0. The number of morpholine rings is 1. The van der Waals surface area contributed by atoms with Gasteiger partial charge in [-0.05, 0) is 30.9 Å². The Kier molecular flexibility index (Phi) is 5.68. The SMILES string of the molecule is CN(C)c1cccc([C@H]2CN(C(=O)CC3CCOCC3)CCO2)n1. The molecule has 0 aromatic carbocycles. The van der Waals surface area contributed by atoms with E-state index in [1.54, 1.807) is 0 Å². The number of carbonyl (C=O) groups excluding carboxylic acids is 1. The van der Waals surface area contributed by atoms with Gasteiger partial charge in [-0.3, -0.25) is 4.79 Å². The van der Waals surface area contributed by atoms with Crippen molar-refractivity contribution < 1.29 is 14.3 Å². The fraction of sp³-hybridized carbons (Fsp3) is 0.667. The van der Waals surface area contributed by atoms with Crippen molar-refractivity contribution in [1.29, 1.82) is 0 Å². The lowest BCUT2D eigenvalue weighted by Gasteiger charge is -2.34. The van der Waals surface area contributed by atoms with E-state index in [1.807, 2.05) is 42.1 Å². The third kappa shape index (κ3) is 4.24. The van der Waals surface area contributed by atoms with Crippen LogP contribution in [0.5, 0.6) is 0 Å².